The highest BCUT2D eigenvalue weighted by atomic mass is 16.5. The number of aromatic amines is 1. The molecule has 28 heavy (non-hydrogen) atoms. The number of aromatic nitrogens is 1. The molecule has 3 aromatic rings. The predicted octanol–water partition coefficient (Wildman–Crippen LogP) is 4.00. The Balaban J connectivity index is 1.59. The molecule has 0 fully saturated rings. The fraction of sp³-hybridized carbons (Fsp3) is 0.130. The molecule has 140 valence electrons. The molecule has 1 amide bonds. The Kier molecular flexibility index (Phi) is 6.27. The van der Waals surface area contributed by atoms with Crippen LogP contribution in [0.15, 0.2) is 73.0 Å². The summed E-state index contributed by atoms with van der Waals surface area (Å²) in [5, 5.41) is 13.3. The average Bonchev–Trinajstić information content (AvgIpc) is 3.14. The zero-order valence-electron chi connectivity index (χ0n) is 15.4. The number of rotatable bonds is 8. The lowest BCUT2D eigenvalue weighted by Crippen LogP contribution is -2.26. The highest BCUT2D eigenvalue weighted by Crippen LogP contribution is 2.18. The van der Waals surface area contributed by atoms with Crippen LogP contribution >= 0.6 is 0 Å². The lowest BCUT2D eigenvalue weighted by Gasteiger charge is -2.05. The molecule has 2 aromatic carbocycles. The van der Waals surface area contributed by atoms with E-state index in [0.717, 1.165) is 22.0 Å². The van der Waals surface area contributed by atoms with Crippen molar-refractivity contribution in [2.24, 2.45) is 0 Å². The van der Waals surface area contributed by atoms with Gasteiger partial charge in [-0.25, -0.2) is 0 Å². The molecule has 1 heterocycles. The second-order valence-corrected chi connectivity index (χ2v) is 6.20. The maximum Gasteiger partial charge on any atom is 0.261 e. The van der Waals surface area contributed by atoms with Gasteiger partial charge < -0.3 is 15.0 Å². The largest absolute Gasteiger partial charge is 0.490 e. The fourth-order valence-corrected chi connectivity index (χ4v) is 2.88. The minimum absolute atomic E-state index is 0.0682. The topological polar surface area (TPSA) is 77.9 Å². The SMILES string of the molecule is C=CCOc1ccc(/C=C(/C#N)C(=O)NCCc2c[nH]c3ccccc23)cc1. The van der Waals surface area contributed by atoms with Gasteiger partial charge >= 0.3 is 0 Å². The number of para-hydroxylation sites is 1. The number of nitrogens with one attached hydrogen (secondary N) is 2. The van der Waals surface area contributed by atoms with Gasteiger partial charge in [0.05, 0.1) is 0 Å². The second-order valence-electron chi connectivity index (χ2n) is 6.20. The molecule has 0 bridgehead atoms. The molecule has 5 nitrogen and oxygen atoms in total. The molecule has 0 radical (unpaired) electrons. The van der Waals surface area contributed by atoms with E-state index in [-0.39, 0.29) is 11.5 Å². The Morgan fingerprint density at radius 2 is 2.00 bits per heavy atom. The van der Waals surface area contributed by atoms with E-state index in [1.54, 1.807) is 36.4 Å². The Morgan fingerprint density at radius 1 is 1.21 bits per heavy atom. The molecule has 0 atom stereocenters. The number of nitrogens with zero attached hydrogens (tertiary/aromatic N) is 1. The highest BCUT2D eigenvalue weighted by molar-refractivity contribution is 6.01. The van der Waals surface area contributed by atoms with Gasteiger partial charge in [-0.2, -0.15) is 5.26 Å². The van der Waals surface area contributed by atoms with Crippen LogP contribution in [0.4, 0.5) is 0 Å². The van der Waals surface area contributed by atoms with Crippen molar-refractivity contribution in [3.8, 4) is 11.8 Å². The zero-order chi connectivity index (χ0) is 19.8. The second kappa shape index (κ2) is 9.24. The summed E-state index contributed by atoms with van der Waals surface area (Å²) >= 11 is 0. The van der Waals surface area contributed by atoms with Crippen LogP contribution in [0.3, 0.4) is 0 Å². The van der Waals surface area contributed by atoms with Crippen LogP contribution in [-0.2, 0) is 11.2 Å². The van der Waals surface area contributed by atoms with Gasteiger partial charge in [-0.15, -0.1) is 0 Å². The number of fused-ring (bicyclic) bond motifs is 1. The van der Waals surface area contributed by atoms with Gasteiger partial charge in [-0.1, -0.05) is 43.0 Å². The molecule has 0 spiro atoms. The molecule has 0 aliphatic rings. The average molecular weight is 371 g/mol. The molecule has 2 N–H and O–H groups in total. The Hall–Kier alpha value is -3.78. The summed E-state index contributed by atoms with van der Waals surface area (Å²) in [7, 11) is 0. The lowest BCUT2D eigenvalue weighted by molar-refractivity contribution is -0.117. The van der Waals surface area contributed by atoms with Gasteiger partial charge in [0.15, 0.2) is 0 Å². The van der Waals surface area contributed by atoms with Crippen LogP contribution in [0.25, 0.3) is 17.0 Å². The van der Waals surface area contributed by atoms with Gasteiger partial charge in [0.2, 0.25) is 0 Å². The maximum absolute atomic E-state index is 12.3. The van der Waals surface area contributed by atoms with E-state index >= 15 is 0 Å². The van der Waals surface area contributed by atoms with Crippen molar-refractivity contribution in [2.75, 3.05) is 13.2 Å². The van der Waals surface area contributed by atoms with E-state index in [4.69, 9.17) is 4.74 Å². The standard InChI is InChI=1S/C23H21N3O2/c1-2-13-28-20-9-7-17(8-10-20)14-19(15-24)23(27)25-12-11-18-16-26-22-6-4-3-5-21(18)22/h2-10,14,16,26H,1,11-13H2,(H,25,27)/b19-14-. The predicted molar refractivity (Wildman–Crippen MR) is 111 cm³/mol. The molecule has 0 unspecified atom stereocenters. The molecule has 0 aliphatic carbocycles. The van der Waals surface area contributed by atoms with Crippen molar-refractivity contribution in [2.45, 2.75) is 6.42 Å². The molecular formula is C23H21N3O2. The van der Waals surface area contributed by atoms with Gasteiger partial charge in [-0.3, -0.25) is 4.79 Å². The molecule has 1 aromatic heterocycles. The number of carbonyl (C=O) groups is 1. The van der Waals surface area contributed by atoms with E-state index in [1.165, 1.54) is 0 Å². The third kappa shape index (κ3) is 4.68. The van der Waals surface area contributed by atoms with Gasteiger partial charge in [0.25, 0.3) is 5.91 Å². The van der Waals surface area contributed by atoms with Crippen molar-refractivity contribution >= 4 is 22.9 Å². The van der Waals surface area contributed by atoms with Crippen LogP contribution in [0.5, 0.6) is 5.75 Å². The third-order valence-corrected chi connectivity index (χ3v) is 4.28. The minimum atomic E-state index is -0.380. The van der Waals surface area contributed by atoms with Crippen LogP contribution in [0.2, 0.25) is 0 Å². The number of ether oxygens (including phenoxy) is 1. The summed E-state index contributed by atoms with van der Waals surface area (Å²) in [5.74, 6) is 0.327. The highest BCUT2D eigenvalue weighted by Gasteiger charge is 2.09. The van der Waals surface area contributed by atoms with Crippen LogP contribution in [-0.4, -0.2) is 24.0 Å². The minimum Gasteiger partial charge on any atom is -0.490 e. The number of nitriles is 1. The fourth-order valence-electron chi connectivity index (χ4n) is 2.88. The van der Waals surface area contributed by atoms with Crippen LogP contribution in [0, 0.1) is 11.3 Å². The van der Waals surface area contributed by atoms with Gasteiger partial charge in [-0.05, 0) is 41.8 Å². The normalized spacial score (nSPS) is 11.0. The maximum atomic E-state index is 12.3. The third-order valence-electron chi connectivity index (χ3n) is 4.28. The molecule has 0 aliphatic heterocycles. The number of hydrogen-bond donors (Lipinski definition) is 2. The Bertz CT molecular complexity index is 1040. The van der Waals surface area contributed by atoms with Crippen molar-refractivity contribution in [1.29, 1.82) is 5.26 Å². The summed E-state index contributed by atoms with van der Waals surface area (Å²) in [6, 6.07) is 17.2. The van der Waals surface area contributed by atoms with Crippen LogP contribution < -0.4 is 10.1 Å². The van der Waals surface area contributed by atoms with Gasteiger partial charge in [0, 0.05) is 23.6 Å². The van der Waals surface area contributed by atoms with E-state index in [0.29, 0.717) is 25.3 Å². The van der Waals surface area contributed by atoms with Crippen molar-refractivity contribution < 1.29 is 9.53 Å². The summed E-state index contributed by atoms with van der Waals surface area (Å²) < 4.78 is 5.42. The number of hydrogen-bond acceptors (Lipinski definition) is 3. The van der Waals surface area contributed by atoms with Gasteiger partial charge in [0.1, 0.15) is 24.0 Å². The molecule has 3 rings (SSSR count). The molecular weight excluding hydrogens is 350 g/mol. The van der Waals surface area contributed by atoms with E-state index < -0.39 is 0 Å². The number of carbonyl (C=O) groups excluding carboxylic acids is 1. The molecule has 0 saturated heterocycles. The monoisotopic (exact) mass is 371 g/mol. The molecule has 0 saturated carbocycles. The Morgan fingerprint density at radius 3 is 2.75 bits per heavy atom. The summed E-state index contributed by atoms with van der Waals surface area (Å²) in [6.07, 6.45) is 5.87. The van der Waals surface area contributed by atoms with E-state index in [2.05, 4.69) is 16.9 Å². The van der Waals surface area contributed by atoms with Crippen LogP contribution in [0.1, 0.15) is 11.1 Å². The Labute approximate surface area is 164 Å². The first kappa shape index (κ1) is 19.0. The van der Waals surface area contributed by atoms with E-state index in [9.17, 15) is 10.1 Å². The number of H-pyrrole nitrogens is 1. The summed E-state index contributed by atoms with van der Waals surface area (Å²) in [6.45, 7) is 4.48. The first-order chi connectivity index (χ1) is 13.7. The van der Waals surface area contributed by atoms with Crippen molar-refractivity contribution in [3.63, 3.8) is 0 Å². The summed E-state index contributed by atoms with van der Waals surface area (Å²) in [5.41, 5.74) is 3.03. The zero-order valence-corrected chi connectivity index (χ0v) is 15.4. The van der Waals surface area contributed by atoms with Crippen molar-refractivity contribution in [1.82, 2.24) is 10.3 Å². The van der Waals surface area contributed by atoms with Crippen molar-refractivity contribution in [3.05, 3.63) is 84.1 Å². The molecule has 5 heteroatoms. The first-order valence-corrected chi connectivity index (χ1v) is 9.00. The van der Waals surface area contributed by atoms with E-state index in [1.807, 2.05) is 36.5 Å². The number of amides is 1. The smallest absolute Gasteiger partial charge is 0.261 e. The number of benzene rings is 2. The first-order valence-electron chi connectivity index (χ1n) is 9.00. The quantitative estimate of drug-likeness (QED) is 0.357. The summed E-state index contributed by atoms with van der Waals surface area (Å²) in [4.78, 5) is 15.6. The lowest BCUT2D eigenvalue weighted by atomic mass is 10.1.